The summed E-state index contributed by atoms with van der Waals surface area (Å²) >= 11 is 0. The highest BCUT2D eigenvalue weighted by molar-refractivity contribution is 5.71. The van der Waals surface area contributed by atoms with Crippen LogP contribution in [0.15, 0.2) is 42.6 Å². The predicted molar refractivity (Wildman–Crippen MR) is 120 cm³/mol. The number of ether oxygens (including phenoxy) is 1. The fraction of sp³-hybridized carbons (Fsp3) is 0.375. The fourth-order valence-electron chi connectivity index (χ4n) is 3.51. The van der Waals surface area contributed by atoms with Gasteiger partial charge in [0.1, 0.15) is 12.1 Å². The highest BCUT2D eigenvalue weighted by Crippen LogP contribution is 2.18. The summed E-state index contributed by atoms with van der Waals surface area (Å²) in [4.78, 5) is 18.1. The lowest BCUT2D eigenvalue weighted by atomic mass is 10.1. The summed E-state index contributed by atoms with van der Waals surface area (Å²) < 4.78 is 6.04. The van der Waals surface area contributed by atoms with Crippen LogP contribution in [0.4, 0.5) is 5.69 Å². The number of benzene rings is 1. The van der Waals surface area contributed by atoms with E-state index in [4.69, 9.17) is 4.74 Å². The lowest BCUT2D eigenvalue weighted by Crippen LogP contribution is -2.33. The summed E-state index contributed by atoms with van der Waals surface area (Å²) in [6.07, 6.45) is 5.58. The molecule has 0 bridgehead atoms. The number of likely N-dealkylation sites (tertiary alicyclic amines) is 1. The van der Waals surface area contributed by atoms with Gasteiger partial charge in [0.15, 0.2) is 11.3 Å². The first-order chi connectivity index (χ1) is 14.7. The van der Waals surface area contributed by atoms with Crippen molar-refractivity contribution < 1.29 is 4.74 Å². The average Bonchev–Trinajstić information content (AvgIpc) is 2.78. The molecule has 6 nitrogen and oxygen atoms in total. The Hall–Kier alpha value is -3.17. The highest BCUT2D eigenvalue weighted by atomic mass is 16.5. The molecule has 0 unspecified atom stereocenters. The molecule has 6 heteroatoms. The van der Waals surface area contributed by atoms with Crippen molar-refractivity contribution in [2.24, 2.45) is 0 Å². The number of nitrogens with zero attached hydrogens (tertiary/aromatic N) is 5. The molecular weight excluding hydrogens is 374 g/mol. The molecule has 0 spiro atoms. The minimum Gasteiger partial charge on any atom is -0.474 e. The third-order valence-electron chi connectivity index (χ3n) is 5.19. The van der Waals surface area contributed by atoms with E-state index >= 15 is 0 Å². The largest absolute Gasteiger partial charge is 0.474 e. The molecule has 4 rings (SSSR count). The number of aromatic nitrogens is 3. The van der Waals surface area contributed by atoms with Crippen LogP contribution in [0.3, 0.4) is 0 Å². The van der Waals surface area contributed by atoms with E-state index in [1.165, 1.54) is 19.3 Å². The van der Waals surface area contributed by atoms with Crippen LogP contribution in [-0.2, 0) is 0 Å². The van der Waals surface area contributed by atoms with Crippen LogP contribution < -0.4 is 9.64 Å². The van der Waals surface area contributed by atoms with Crippen LogP contribution in [0.25, 0.3) is 11.2 Å². The molecule has 0 aliphatic carbocycles. The molecule has 1 aliphatic heterocycles. The molecule has 0 amide bonds. The molecule has 0 N–H and O–H groups in total. The molecule has 154 valence electrons. The van der Waals surface area contributed by atoms with Crippen molar-refractivity contribution in [3.63, 3.8) is 0 Å². The van der Waals surface area contributed by atoms with Gasteiger partial charge in [-0.15, -0.1) is 0 Å². The van der Waals surface area contributed by atoms with Gasteiger partial charge in [0.2, 0.25) is 5.88 Å². The quantitative estimate of drug-likeness (QED) is 0.611. The molecule has 1 aromatic carbocycles. The Bertz CT molecular complexity index is 1060. The zero-order chi connectivity index (χ0) is 20.8. The van der Waals surface area contributed by atoms with E-state index in [-0.39, 0.29) is 0 Å². The van der Waals surface area contributed by atoms with Crippen molar-refractivity contribution in [1.29, 1.82) is 0 Å². The Balaban J connectivity index is 1.58. The van der Waals surface area contributed by atoms with Gasteiger partial charge in [-0.05, 0) is 62.2 Å². The minimum atomic E-state index is 0.476. The second kappa shape index (κ2) is 9.55. The van der Waals surface area contributed by atoms with E-state index in [0.29, 0.717) is 29.3 Å². The van der Waals surface area contributed by atoms with Crippen molar-refractivity contribution in [3.05, 3.63) is 53.9 Å². The molecule has 1 fully saturated rings. The second-order valence-corrected chi connectivity index (χ2v) is 7.67. The van der Waals surface area contributed by atoms with Crippen molar-refractivity contribution >= 4 is 16.9 Å². The van der Waals surface area contributed by atoms with Crippen LogP contribution >= 0.6 is 0 Å². The number of piperidine rings is 1. The van der Waals surface area contributed by atoms with E-state index < -0.39 is 0 Å². The van der Waals surface area contributed by atoms with Gasteiger partial charge in [0, 0.05) is 38.1 Å². The smallest absolute Gasteiger partial charge is 0.249 e. The van der Waals surface area contributed by atoms with Gasteiger partial charge >= 0.3 is 0 Å². The van der Waals surface area contributed by atoms with Crippen LogP contribution in [0.1, 0.15) is 30.5 Å². The summed E-state index contributed by atoms with van der Waals surface area (Å²) in [7, 11) is 4.03. The zero-order valence-electron chi connectivity index (χ0n) is 17.6. The van der Waals surface area contributed by atoms with Crippen LogP contribution in [-0.4, -0.2) is 60.2 Å². The minimum absolute atomic E-state index is 0.476. The number of pyridine rings is 1. The number of hydrogen-bond donors (Lipinski definition) is 0. The third kappa shape index (κ3) is 5.05. The summed E-state index contributed by atoms with van der Waals surface area (Å²) in [5.41, 5.74) is 3.84. The Morgan fingerprint density at radius 1 is 1.03 bits per heavy atom. The molecule has 1 saturated heterocycles. The lowest BCUT2D eigenvalue weighted by molar-refractivity contribution is 0.180. The molecular formula is C24H27N5O. The van der Waals surface area contributed by atoms with E-state index in [1.54, 1.807) is 6.20 Å². The number of hydrogen-bond acceptors (Lipinski definition) is 6. The van der Waals surface area contributed by atoms with Crippen molar-refractivity contribution in [2.45, 2.75) is 19.3 Å². The zero-order valence-corrected chi connectivity index (χ0v) is 17.6. The maximum Gasteiger partial charge on any atom is 0.249 e. The van der Waals surface area contributed by atoms with Crippen LogP contribution in [0.5, 0.6) is 5.88 Å². The topological polar surface area (TPSA) is 54.4 Å². The van der Waals surface area contributed by atoms with Gasteiger partial charge in [0.25, 0.3) is 0 Å². The average molecular weight is 402 g/mol. The van der Waals surface area contributed by atoms with E-state index in [2.05, 4.69) is 48.7 Å². The van der Waals surface area contributed by atoms with Gasteiger partial charge in [0.05, 0.1) is 0 Å². The summed E-state index contributed by atoms with van der Waals surface area (Å²) in [6.45, 7) is 3.76. The Kier molecular flexibility index (Phi) is 6.41. The van der Waals surface area contributed by atoms with Gasteiger partial charge in [-0.1, -0.05) is 18.4 Å². The van der Waals surface area contributed by atoms with E-state index in [1.807, 2.05) is 38.4 Å². The second-order valence-electron chi connectivity index (χ2n) is 7.67. The Morgan fingerprint density at radius 2 is 1.90 bits per heavy atom. The van der Waals surface area contributed by atoms with Crippen molar-refractivity contribution in [2.75, 3.05) is 45.2 Å². The lowest BCUT2D eigenvalue weighted by Gasteiger charge is -2.26. The van der Waals surface area contributed by atoms with Gasteiger partial charge in [-0.2, -0.15) is 0 Å². The van der Waals surface area contributed by atoms with E-state index in [9.17, 15) is 0 Å². The summed E-state index contributed by atoms with van der Waals surface area (Å²) in [6, 6.07) is 11.8. The summed E-state index contributed by atoms with van der Waals surface area (Å²) in [5.74, 6) is 6.84. The SMILES string of the molecule is CN(C)c1cccc(C#Cc2nc3ncccc3nc2OCCN2CCCCC2)c1. The maximum absolute atomic E-state index is 6.04. The van der Waals surface area contributed by atoms with E-state index in [0.717, 1.165) is 30.9 Å². The molecule has 0 radical (unpaired) electrons. The van der Waals surface area contributed by atoms with Gasteiger partial charge in [-0.25, -0.2) is 15.0 Å². The first-order valence-electron chi connectivity index (χ1n) is 10.5. The first-order valence-corrected chi connectivity index (χ1v) is 10.5. The van der Waals surface area contributed by atoms with Crippen LogP contribution in [0, 0.1) is 11.8 Å². The Labute approximate surface area is 177 Å². The standard InChI is InChI=1S/C24H27N5O/c1-28(2)20-9-6-8-19(18-20)11-12-22-24(27-21-10-7-13-25-23(21)26-22)30-17-16-29-14-4-3-5-15-29/h6-10,13,18H,3-5,14-17H2,1-2H3. The molecule has 30 heavy (non-hydrogen) atoms. The molecule has 3 heterocycles. The molecule has 0 saturated carbocycles. The maximum atomic E-state index is 6.04. The Morgan fingerprint density at radius 3 is 2.73 bits per heavy atom. The molecule has 3 aromatic rings. The molecule has 0 atom stereocenters. The fourth-order valence-corrected chi connectivity index (χ4v) is 3.51. The predicted octanol–water partition coefficient (Wildman–Crippen LogP) is 3.36. The monoisotopic (exact) mass is 401 g/mol. The van der Waals surface area contributed by atoms with Gasteiger partial charge < -0.3 is 9.64 Å². The van der Waals surface area contributed by atoms with Crippen LogP contribution in [0.2, 0.25) is 0 Å². The summed E-state index contributed by atoms with van der Waals surface area (Å²) in [5, 5.41) is 0. The normalized spacial score (nSPS) is 14.2. The molecule has 1 aliphatic rings. The van der Waals surface area contributed by atoms with Crippen molar-refractivity contribution in [1.82, 2.24) is 19.9 Å². The highest BCUT2D eigenvalue weighted by Gasteiger charge is 2.12. The molecule has 2 aromatic heterocycles. The number of fused-ring (bicyclic) bond motifs is 1. The first kappa shape index (κ1) is 20.1. The van der Waals surface area contributed by atoms with Gasteiger partial charge in [-0.3, -0.25) is 4.90 Å². The number of anilines is 1. The third-order valence-corrected chi connectivity index (χ3v) is 5.19. The van der Waals surface area contributed by atoms with Crippen molar-refractivity contribution in [3.8, 4) is 17.7 Å². The number of rotatable bonds is 5.